The first-order valence-electron chi connectivity index (χ1n) is 4.93. The van der Waals surface area contributed by atoms with Crippen molar-refractivity contribution in [1.82, 2.24) is 4.57 Å². The second-order valence-electron chi connectivity index (χ2n) is 3.89. The van der Waals surface area contributed by atoms with Crippen LogP contribution in [0.2, 0.25) is 0 Å². The summed E-state index contributed by atoms with van der Waals surface area (Å²) in [7, 11) is 0. The maximum atomic E-state index is 11.7. The minimum absolute atomic E-state index is 0.193. The lowest BCUT2D eigenvalue weighted by atomic mass is 10.3. The van der Waals surface area contributed by atoms with Crippen molar-refractivity contribution in [2.45, 2.75) is 19.4 Å². The Hall–Kier alpha value is -1.09. The highest BCUT2D eigenvalue weighted by Gasteiger charge is 2.23. The molecule has 0 unspecified atom stereocenters. The summed E-state index contributed by atoms with van der Waals surface area (Å²) in [6.45, 7) is 0.919. The summed E-state index contributed by atoms with van der Waals surface area (Å²) in [6.07, 6.45) is 2.58. The van der Waals surface area contributed by atoms with E-state index in [0.29, 0.717) is 0 Å². The van der Waals surface area contributed by atoms with Crippen LogP contribution in [0.4, 0.5) is 0 Å². The molecule has 14 heavy (non-hydrogen) atoms. The number of aromatic nitrogens is 1. The molecule has 1 aromatic carbocycles. The lowest BCUT2D eigenvalue weighted by Gasteiger charge is -2.00. The summed E-state index contributed by atoms with van der Waals surface area (Å²) in [5, 5.41) is 0. The Morgan fingerprint density at radius 1 is 1.36 bits per heavy atom. The van der Waals surface area contributed by atoms with Gasteiger partial charge in [0.05, 0.1) is 10.2 Å². The fourth-order valence-corrected chi connectivity index (χ4v) is 2.65. The minimum atomic E-state index is 0.193. The predicted octanol–water partition coefficient (Wildman–Crippen LogP) is 2.47. The summed E-state index contributed by atoms with van der Waals surface area (Å²) in [5.74, 6) is 0.755. The fraction of sp³-hybridized carbons (Fsp3) is 0.364. The summed E-state index contributed by atoms with van der Waals surface area (Å²) < 4.78 is 3.04. The molecule has 1 aromatic heterocycles. The zero-order valence-corrected chi connectivity index (χ0v) is 8.59. The van der Waals surface area contributed by atoms with Crippen LogP contribution in [-0.2, 0) is 6.54 Å². The van der Waals surface area contributed by atoms with Crippen molar-refractivity contribution in [2.75, 3.05) is 0 Å². The van der Waals surface area contributed by atoms with Gasteiger partial charge >= 0.3 is 4.87 Å². The van der Waals surface area contributed by atoms with E-state index in [1.807, 2.05) is 28.8 Å². The lowest BCUT2D eigenvalue weighted by Crippen LogP contribution is -2.13. The van der Waals surface area contributed by atoms with E-state index in [1.165, 1.54) is 24.2 Å². The van der Waals surface area contributed by atoms with Crippen LogP contribution in [0.3, 0.4) is 0 Å². The number of thiazole rings is 1. The van der Waals surface area contributed by atoms with Gasteiger partial charge in [0.1, 0.15) is 0 Å². The topological polar surface area (TPSA) is 22.0 Å². The van der Waals surface area contributed by atoms with Gasteiger partial charge in [-0.15, -0.1) is 0 Å². The van der Waals surface area contributed by atoms with Gasteiger partial charge in [-0.05, 0) is 30.9 Å². The first-order chi connectivity index (χ1) is 6.84. The van der Waals surface area contributed by atoms with Crippen molar-refractivity contribution in [3.63, 3.8) is 0 Å². The van der Waals surface area contributed by atoms with Crippen molar-refractivity contribution in [3.8, 4) is 0 Å². The molecule has 1 aliphatic carbocycles. The number of benzene rings is 1. The number of para-hydroxylation sites is 1. The Morgan fingerprint density at radius 3 is 2.93 bits per heavy atom. The number of rotatable bonds is 2. The van der Waals surface area contributed by atoms with Gasteiger partial charge in [-0.1, -0.05) is 23.5 Å². The average Bonchev–Trinajstić information content (AvgIpc) is 2.93. The van der Waals surface area contributed by atoms with E-state index >= 15 is 0 Å². The Balaban J connectivity index is 2.18. The van der Waals surface area contributed by atoms with Crippen molar-refractivity contribution >= 4 is 21.6 Å². The SMILES string of the molecule is O=c1sc2ccccc2n1CC1CC1. The molecule has 0 N–H and O–H groups in total. The van der Waals surface area contributed by atoms with Crippen LogP contribution in [0.5, 0.6) is 0 Å². The van der Waals surface area contributed by atoms with Crippen LogP contribution in [-0.4, -0.2) is 4.57 Å². The Morgan fingerprint density at radius 2 is 2.14 bits per heavy atom. The number of hydrogen-bond donors (Lipinski definition) is 0. The second kappa shape index (κ2) is 2.95. The number of fused-ring (bicyclic) bond motifs is 1. The van der Waals surface area contributed by atoms with E-state index < -0.39 is 0 Å². The predicted molar refractivity (Wildman–Crippen MR) is 58.8 cm³/mol. The van der Waals surface area contributed by atoms with Crippen LogP contribution >= 0.6 is 11.3 Å². The third-order valence-corrected chi connectivity index (χ3v) is 3.67. The van der Waals surface area contributed by atoms with Crippen LogP contribution in [0, 0.1) is 5.92 Å². The Labute approximate surface area is 85.8 Å². The van der Waals surface area contributed by atoms with Crippen molar-refractivity contribution in [2.24, 2.45) is 5.92 Å². The van der Waals surface area contributed by atoms with Gasteiger partial charge in [0, 0.05) is 6.54 Å². The van der Waals surface area contributed by atoms with Gasteiger partial charge < -0.3 is 0 Å². The van der Waals surface area contributed by atoms with Crippen molar-refractivity contribution in [1.29, 1.82) is 0 Å². The molecule has 3 heteroatoms. The molecular weight excluding hydrogens is 194 g/mol. The van der Waals surface area contributed by atoms with Crippen LogP contribution < -0.4 is 4.87 Å². The largest absolute Gasteiger partial charge is 0.308 e. The third-order valence-electron chi connectivity index (χ3n) is 2.71. The number of nitrogens with zero attached hydrogens (tertiary/aromatic N) is 1. The molecule has 0 aliphatic heterocycles. The Kier molecular flexibility index (Phi) is 1.74. The molecule has 1 saturated carbocycles. The molecule has 1 heterocycles. The van der Waals surface area contributed by atoms with Crippen LogP contribution in [0.25, 0.3) is 10.2 Å². The molecule has 1 aliphatic rings. The molecule has 0 amide bonds. The van der Waals surface area contributed by atoms with E-state index in [1.54, 1.807) is 0 Å². The van der Waals surface area contributed by atoms with E-state index in [0.717, 1.165) is 22.7 Å². The van der Waals surface area contributed by atoms with Gasteiger partial charge in [-0.25, -0.2) is 0 Å². The molecule has 2 aromatic rings. The van der Waals surface area contributed by atoms with E-state index in [2.05, 4.69) is 0 Å². The highest BCUT2D eigenvalue weighted by atomic mass is 32.1. The fourth-order valence-electron chi connectivity index (χ4n) is 1.75. The lowest BCUT2D eigenvalue weighted by molar-refractivity contribution is 0.637. The molecule has 2 nitrogen and oxygen atoms in total. The monoisotopic (exact) mass is 205 g/mol. The number of hydrogen-bond acceptors (Lipinski definition) is 2. The van der Waals surface area contributed by atoms with E-state index in [-0.39, 0.29) is 4.87 Å². The quantitative estimate of drug-likeness (QED) is 0.738. The summed E-state index contributed by atoms with van der Waals surface area (Å²) in [4.78, 5) is 11.9. The molecule has 3 rings (SSSR count). The van der Waals surface area contributed by atoms with Gasteiger partial charge in [0.15, 0.2) is 0 Å². The zero-order chi connectivity index (χ0) is 9.54. The van der Waals surface area contributed by atoms with Gasteiger partial charge in [-0.3, -0.25) is 9.36 Å². The van der Waals surface area contributed by atoms with E-state index in [9.17, 15) is 4.79 Å². The average molecular weight is 205 g/mol. The van der Waals surface area contributed by atoms with E-state index in [4.69, 9.17) is 0 Å². The zero-order valence-electron chi connectivity index (χ0n) is 7.77. The molecular formula is C11H11NOS. The molecule has 0 atom stereocenters. The third kappa shape index (κ3) is 1.28. The molecule has 72 valence electrons. The van der Waals surface area contributed by atoms with Gasteiger partial charge in [-0.2, -0.15) is 0 Å². The van der Waals surface area contributed by atoms with Gasteiger partial charge in [0.25, 0.3) is 0 Å². The maximum absolute atomic E-state index is 11.7. The smallest absolute Gasteiger partial charge is 0.298 e. The van der Waals surface area contributed by atoms with Crippen LogP contribution in [0.1, 0.15) is 12.8 Å². The maximum Gasteiger partial charge on any atom is 0.308 e. The second-order valence-corrected chi connectivity index (χ2v) is 4.88. The highest BCUT2D eigenvalue weighted by Crippen LogP contribution is 2.31. The standard InChI is InChI=1S/C11H11NOS/c13-11-12(7-8-5-6-8)9-3-1-2-4-10(9)14-11/h1-4,8H,5-7H2. The minimum Gasteiger partial charge on any atom is -0.298 e. The summed E-state index contributed by atoms with van der Waals surface area (Å²) >= 11 is 1.36. The van der Waals surface area contributed by atoms with Crippen molar-refractivity contribution < 1.29 is 0 Å². The Bertz CT molecular complexity index is 521. The molecule has 0 saturated heterocycles. The first kappa shape index (κ1) is 8.24. The highest BCUT2D eigenvalue weighted by molar-refractivity contribution is 7.16. The first-order valence-corrected chi connectivity index (χ1v) is 5.74. The molecule has 0 bridgehead atoms. The molecule has 0 radical (unpaired) electrons. The van der Waals surface area contributed by atoms with Crippen LogP contribution in [0.15, 0.2) is 29.1 Å². The summed E-state index contributed by atoms with van der Waals surface area (Å²) in [6, 6.07) is 8.04. The molecule has 0 spiro atoms. The normalized spacial score (nSPS) is 16.3. The van der Waals surface area contributed by atoms with Gasteiger partial charge in [0.2, 0.25) is 0 Å². The van der Waals surface area contributed by atoms with Crippen molar-refractivity contribution in [3.05, 3.63) is 33.9 Å². The molecule has 1 fully saturated rings. The summed E-state index contributed by atoms with van der Waals surface area (Å²) in [5.41, 5.74) is 1.11.